The fraction of sp³-hybridized carbons (Fsp3) is 0.211. The number of sulfone groups is 1. The molecular weight excluding hydrogens is 324 g/mol. The van der Waals surface area contributed by atoms with Crippen molar-refractivity contribution in [2.24, 2.45) is 0 Å². The summed E-state index contributed by atoms with van der Waals surface area (Å²) in [4.78, 5) is 12.1. The molecule has 0 aliphatic carbocycles. The summed E-state index contributed by atoms with van der Waals surface area (Å²) >= 11 is 0. The third-order valence-electron chi connectivity index (χ3n) is 3.53. The second-order valence-electron chi connectivity index (χ2n) is 5.41. The maximum Gasteiger partial charge on any atom is 0.334 e. The molecule has 0 aliphatic rings. The Morgan fingerprint density at radius 2 is 1.62 bits per heavy atom. The molecule has 0 fully saturated rings. The van der Waals surface area contributed by atoms with E-state index in [1.165, 1.54) is 6.92 Å². The number of ether oxygens (including phenoxy) is 1. The van der Waals surface area contributed by atoms with Crippen LogP contribution in [0, 0.1) is 0 Å². The van der Waals surface area contributed by atoms with Gasteiger partial charge in [-0.05, 0) is 36.6 Å². The van der Waals surface area contributed by atoms with Crippen LogP contribution in [0.25, 0.3) is 0 Å². The first-order valence-electron chi connectivity index (χ1n) is 7.66. The van der Waals surface area contributed by atoms with Crippen LogP contribution in [0.2, 0.25) is 0 Å². The van der Waals surface area contributed by atoms with Gasteiger partial charge in [-0.1, -0.05) is 49.4 Å². The highest BCUT2D eigenvalue weighted by Gasteiger charge is 2.15. The molecule has 2 rings (SSSR count). The summed E-state index contributed by atoms with van der Waals surface area (Å²) in [7, 11) is -3.68. The van der Waals surface area contributed by atoms with Crippen LogP contribution < -0.4 is 0 Å². The minimum absolute atomic E-state index is 0.0468. The highest BCUT2D eigenvalue weighted by atomic mass is 32.2. The van der Waals surface area contributed by atoms with E-state index in [1.54, 1.807) is 24.3 Å². The number of hydrogen-bond acceptors (Lipinski definition) is 4. The lowest BCUT2D eigenvalue weighted by molar-refractivity contribution is -0.140. The fourth-order valence-electron chi connectivity index (χ4n) is 2.10. The molecule has 0 amide bonds. The van der Waals surface area contributed by atoms with E-state index in [0.29, 0.717) is 0 Å². The fourth-order valence-corrected chi connectivity index (χ4v) is 3.31. The third-order valence-corrected chi connectivity index (χ3v) is 5.12. The zero-order valence-electron chi connectivity index (χ0n) is 13.7. The number of hydrogen-bond donors (Lipinski definition) is 0. The van der Waals surface area contributed by atoms with Crippen LogP contribution in [0.4, 0.5) is 0 Å². The maximum atomic E-state index is 12.3. The van der Waals surface area contributed by atoms with Gasteiger partial charge in [0.2, 0.25) is 0 Å². The molecule has 5 heteroatoms. The highest BCUT2D eigenvalue weighted by Crippen LogP contribution is 2.16. The Balaban J connectivity index is 2.08. The monoisotopic (exact) mass is 344 g/mol. The smallest absolute Gasteiger partial charge is 0.334 e. The minimum Gasteiger partial charge on any atom is -0.457 e. The Hall–Kier alpha value is -2.40. The van der Waals surface area contributed by atoms with Gasteiger partial charge >= 0.3 is 5.97 Å². The van der Waals surface area contributed by atoms with Gasteiger partial charge in [0.25, 0.3) is 0 Å². The molecule has 4 nitrogen and oxygen atoms in total. The first-order chi connectivity index (χ1) is 11.4. The molecule has 24 heavy (non-hydrogen) atoms. The van der Waals surface area contributed by atoms with Crippen LogP contribution in [-0.2, 0) is 32.4 Å². The van der Waals surface area contributed by atoms with Gasteiger partial charge in [-0.3, -0.25) is 0 Å². The van der Waals surface area contributed by atoms with Crippen LogP contribution in [0.15, 0.2) is 70.5 Å². The van der Waals surface area contributed by atoms with Crippen molar-refractivity contribution in [2.45, 2.75) is 31.8 Å². The first kappa shape index (κ1) is 17.9. The molecule has 0 aromatic heterocycles. The molecule has 2 aromatic rings. The molecule has 0 saturated heterocycles. The summed E-state index contributed by atoms with van der Waals surface area (Å²) in [6, 6.07) is 15.9. The van der Waals surface area contributed by atoms with Crippen molar-refractivity contribution in [2.75, 3.05) is 0 Å². The Bertz CT molecular complexity index is 819. The van der Waals surface area contributed by atoms with E-state index in [-0.39, 0.29) is 17.1 Å². The van der Waals surface area contributed by atoms with E-state index in [1.807, 2.05) is 37.3 Å². The summed E-state index contributed by atoms with van der Waals surface area (Å²) in [5.41, 5.74) is 1.94. The van der Waals surface area contributed by atoms with E-state index >= 15 is 0 Å². The molecule has 0 saturated carbocycles. The van der Waals surface area contributed by atoms with E-state index < -0.39 is 15.8 Å². The van der Waals surface area contributed by atoms with Crippen molar-refractivity contribution in [3.63, 3.8) is 0 Å². The van der Waals surface area contributed by atoms with Gasteiger partial charge < -0.3 is 4.74 Å². The zero-order valence-corrected chi connectivity index (χ0v) is 14.5. The van der Waals surface area contributed by atoms with E-state index in [2.05, 4.69) is 0 Å². The average Bonchev–Trinajstić information content (AvgIpc) is 2.60. The van der Waals surface area contributed by atoms with Crippen LogP contribution in [0.1, 0.15) is 25.0 Å². The molecular formula is C19H20O4S. The topological polar surface area (TPSA) is 60.4 Å². The summed E-state index contributed by atoms with van der Waals surface area (Å²) in [5.74, 6) is -0.646. The van der Waals surface area contributed by atoms with Crippen LogP contribution in [0.5, 0.6) is 0 Å². The largest absolute Gasteiger partial charge is 0.457 e. The molecule has 0 aliphatic heterocycles. The number of aryl methyl sites for hydroxylation is 1. The maximum absolute atomic E-state index is 12.3. The van der Waals surface area contributed by atoms with Gasteiger partial charge in [0, 0.05) is 11.0 Å². The summed E-state index contributed by atoms with van der Waals surface area (Å²) < 4.78 is 29.8. The molecule has 0 bridgehead atoms. The molecule has 126 valence electrons. The van der Waals surface area contributed by atoms with Crippen molar-refractivity contribution in [3.8, 4) is 0 Å². The standard InChI is InChI=1S/C19H20O4S/c1-3-16-9-11-18(12-10-16)24(21,22)14-15(2)19(20)23-13-17-7-5-4-6-8-17/h4-12,14H,3,13H2,1-2H3/b15-14+. The van der Waals surface area contributed by atoms with Gasteiger partial charge in [-0.2, -0.15) is 0 Å². The minimum atomic E-state index is -3.68. The molecule has 0 radical (unpaired) electrons. The predicted octanol–water partition coefficient (Wildman–Crippen LogP) is 3.67. The number of benzene rings is 2. The second-order valence-corrected chi connectivity index (χ2v) is 7.20. The lowest BCUT2D eigenvalue weighted by Crippen LogP contribution is -2.08. The predicted molar refractivity (Wildman–Crippen MR) is 93.0 cm³/mol. The quantitative estimate of drug-likeness (QED) is 0.592. The summed E-state index contributed by atoms with van der Waals surface area (Å²) in [6.07, 6.45) is 0.834. The van der Waals surface area contributed by atoms with Gasteiger partial charge in [0.15, 0.2) is 9.84 Å². The van der Waals surface area contributed by atoms with Crippen molar-refractivity contribution >= 4 is 15.8 Å². The van der Waals surface area contributed by atoms with Gasteiger partial charge in [0.05, 0.1) is 4.90 Å². The molecule has 0 unspecified atom stereocenters. The number of carbonyl (C=O) groups is 1. The van der Waals surface area contributed by atoms with Crippen molar-refractivity contribution < 1.29 is 17.9 Å². The molecule has 0 N–H and O–H groups in total. The van der Waals surface area contributed by atoms with Gasteiger partial charge in [-0.15, -0.1) is 0 Å². The Morgan fingerprint density at radius 1 is 1.00 bits per heavy atom. The van der Waals surface area contributed by atoms with E-state index in [4.69, 9.17) is 4.74 Å². The van der Waals surface area contributed by atoms with E-state index in [9.17, 15) is 13.2 Å². The van der Waals surface area contributed by atoms with Crippen molar-refractivity contribution in [1.82, 2.24) is 0 Å². The summed E-state index contributed by atoms with van der Waals surface area (Å²) in [6.45, 7) is 3.54. The Labute approximate surface area is 142 Å². The average molecular weight is 344 g/mol. The normalized spacial score (nSPS) is 12.0. The van der Waals surface area contributed by atoms with Gasteiger partial charge in [-0.25, -0.2) is 13.2 Å². The highest BCUT2D eigenvalue weighted by molar-refractivity contribution is 7.94. The van der Waals surface area contributed by atoms with Crippen molar-refractivity contribution in [1.29, 1.82) is 0 Å². The third kappa shape index (κ3) is 4.80. The van der Waals surface area contributed by atoms with Crippen LogP contribution in [-0.4, -0.2) is 14.4 Å². The SMILES string of the molecule is CCc1ccc(S(=O)(=O)/C=C(\C)C(=O)OCc2ccccc2)cc1. The van der Waals surface area contributed by atoms with E-state index in [0.717, 1.165) is 23.0 Å². The molecule has 0 atom stereocenters. The lowest BCUT2D eigenvalue weighted by Gasteiger charge is -2.06. The lowest BCUT2D eigenvalue weighted by atomic mass is 10.2. The van der Waals surface area contributed by atoms with Crippen molar-refractivity contribution in [3.05, 3.63) is 76.7 Å². The Morgan fingerprint density at radius 3 is 2.21 bits per heavy atom. The van der Waals surface area contributed by atoms with Gasteiger partial charge in [0.1, 0.15) is 6.61 Å². The number of rotatable bonds is 6. The molecule has 2 aromatic carbocycles. The second kappa shape index (κ2) is 7.93. The van der Waals surface area contributed by atoms with Crippen LogP contribution in [0.3, 0.4) is 0 Å². The number of carbonyl (C=O) groups excluding carboxylic acids is 1. The van der Waals surface area contributed by atoms with Crippen LogP contribution >= 0.6 is 0 Å². The number of esters is 1. The molecule has 0 heterocycles. The summed E-state index contributed by atoms with van der Waals surface area (Å²) in [5, 5.41) is 0.960. The molecule has 0 spiro atoms. The zero-order chi connectivity index (χ0) is 17.6. The Kier molecular flexibility index (Phi) is 5.93. The first-order valence-corrected chi connectivity index (χ1v) is 9.20.